The van der Waals surface area contributed by atoms with Gasteiger partial charge in [0.05, 0.1) is 6.04 Å². The van der Waals surface area contributed by atoms with Gasteiger partial charge in [-0.25, -0.2) is 0 Å². The first-order valence-electron chi connectivity index (χ1n) is 4.26. The summed E-state index contributed by atoms with van der Waals surface area (Å²) in [6.45, 7) is 0. The quantitative estimate of drug-likeness (QED) is 0.563. The minimum absolute atomic E-state index is 0.643. The van der Waals surface area contributed by atoms with Gasteiger partial charge in [0, 0.05) is 12.8 Å². The monoisotopic (exact) mass is 148 g/mol. The van der Waals surface area contributed by atoms with Crippen molar-refractivity contribution >= 4 is 0 Å². The molecule has 0 bridgehead atoms. The molecule has 0 fully saturated rings. The van der Waals surface area contributed by atoms with Gasteiger partial charge < -0.3 is 5.73 Å². The summed E-state index contributed by atoms with van der Waals surface area (Å²) in [5.74, 6) is 0. The zero-order valence-corrected chi connectivity index (χ0v) is 6.72. The Kier molecular flexibility index (Phi) is 1.66. The molecule has 0 spiro atoms. The fourth-order valence-corrected chi connectivity index (χ4v) is 1.77. The highest BCUT2D eigenvalue weighted by molar-refractivity contribution is 5.29. The molecule has 0 saturated carbocycles. The third-order valence-corrected chi connectivity index (χ3v) is 2.45. The van der Waals surface area contributed by atoms with E-state index < -0.39 is 0 Å². The van der Waals surface area contributed by atoms with Crippen LogP contribution in [-0.2, 0) is 12.8 Å². The lowest BCUT2D eigenvalue weighted by atomic mass is 9.89. The molecule has 3 N–H and O–H groups in total. The zero-order chi connectivity index (χ0) is 7.68. The van der Waals surface area contributed by atoms with Gasteiger partial charge in [0.15, 0.2) is 0 Å². The molecule has 0 radical (unpaired) electrons. The Bertz CT molecular complexity index is 255. The summed E-state index contributed by atoms with van der Waals surface area (Å²) in [4.78, 5) is 0. The number of rotatable bonds is 0. The minimum atomic E-state index is 0.643. The Labute approximate surface area is 67.2 Å². The number of hydrogen-bond donors (Lipinski definition) is 1. The van der Waals surface area contributed by atoms with Crippen molar-refractivity contribution in [2.75, 3.05) is 0 Å². The molecule has 2 rings (SSSR count). The average molecular weight is 148 g/mol. The van der Waals surface area contributed by atoms with Crippen LogP contribution >= 0.6 is 0 Å². The maximum atomic E-state index is 4.10. The molecule has 1 nitrogen and oxygen atoms in total. The van der Waals surface area contributed by atoms with Crippen LogP contribution in [0.2, 0.25) is 0 Å². The molecule has 0 amide bonds. The molecule has 1 heteroatoms. The Morgan fingerprint density at radius 3 is 2.73 bits per heavy atom. The Morgan fingerprint density at radius 2 is 1.91 bits per heavy atom. The van der Waals surface area contributed by atoms with Crippen LogP contribution in [0.4, 0.5) is 0 Å². The van der Waals surface area contributed by atoms with E-state index in [1.807, 2.05) is 0 Å². The summed E-state index contributed by atoms with van der Waals surface area (Å²) in [6.07, 6.45) is 3.66. The largest absolute Gasteiger partial charge is 0.355 e. The second-order valence-electron chi connectivity index (χ2n) is 3.38. The Morgan fingerprint density at radius 1 is 1.18 bits per heavy atom. The van der Waals surface area contributed by atoms with Crippen molar-refractivity contribution in [1.29, 1.82) is 0 Å². The molecule has 58 valence electrons. The van der Waals surface area contributed by atoms with Gasteiger partial charge in [-0.2, -0.15) is 0 Å². The highest BCUT2D eigenvalue weighted by Gasteiger charge is 2.16. The predicted molar refractivity (Wildman–Crippen MR) is 45.1 cm³/mol. The van der Waals surface area contributed by atoms with E-state index in [2.05, 4.69) is 30.0 Å². The number of aryl methyl sites for hydroxylation is 1. The van der Waals surface area contributed by atoms with Crippen molar-refractivity contribution < 1.29 is 5.73 Å². The van der Waals surface area contributed by atoms with Crippen LogP contribution in [0, 0.1) is 0 Å². The Balaban J connectivity index is 2.34. The molecule has 1 atom stereocenters. The number of hydrogen-bond acceptors (Lipinski definition) is 0. The molecule has 0 aliphatic heterocycles. The highest BCUT2D eigenvalue weighted by atomic mass is 14.6. The maximum Gasteiger partial charge on any atom is 0.0887 e. The first kappa shape index (κ1) is 6.86. The third kappa shape index (κ3) is 1.29. The minimum Gasteiger partial charge on any atom is -0.355 e. The fourth-order valence-electron chi connectivity index (χ4n) is 1.77. The molecule has 1 aromatic rings. The second-order valence-corrected chi connectivity index (χ2v) is 3.38. The van der Waals surface area contributed by atoms with Gasteiger partial charge in [0.2, 0.25) is 0 Å². The van der Waals surface area contributed by atoms with Gasteiger partial charge >= 0.3 is 0 Å². The average Bonchev–Trinajstić information content (AvgIpc) is 2.04. The summed E-state index contributed by atoms with van der Waals surface area (Å²) < 4.78 is 0. The van der Waals surface area contributed by atoms with Crippen LogP contribution < -0.4 is 5.73 Å². The van der Waals surface area contributed by atoms with E-state index in [0.29, 0.717) is 6.04 Å². The van der Waals surface area contributed by atoms with Gasteiger partial charge in [0.25, 0.3) is 0 Å². The van der Waals surface area contributed by atoms with Gasteiger partial charge in [-0.15, -0.1) is 0 Å². The molecule has 0 saturated heterocycles. The molecular weight excluding hydrogens is 134 g/mol. The van der Waals surface area contributed by atoms with E-state index in [1.54, 1.807) is 0 Å². The molecule has 1 aliphatic rings. The van der Waals surface area contributed by atoms with E-state index in [4.69, 9.17) is 0 Å². The number of benzene rings is 1. The van der Waals surface area contributed by atoms with Crippen LogP contribution in [0.1, 0.15) is 17.5 Å². The van der Waals surface area contributed by atoms with Crippen LogP contribution in [0.15, 0.2) is 24.3 Å². The van der Waals surface area contributed by atoms with E-state index in [-0.39, 0.29) is 0 Å². The van der Waals surface area contributed by atoms with Crippen LogP contribution in [0.5, 0.6) is 0 Å². The van der Waals surface area contributed by atoms with E-state index >= 15 is 0 Å². The SMILES string of the molecule is [NH3+][C@@H]1CCc2ccccc2C1. The fraction of sp³-hybridized carbons (Fsp3) is 0.400. The zero-order valence-electron chi connectivity index (χ0n) is 6.72. The normalized spacial score (nSPS) is 22.8. The maximum absolute atomic E-state index is 4.10. The standard InChI is InChI=1S/C10H13N/c11-10-6-5-8-3-1-2-4-9(8)7-10/h1-4,10H,5-7,11H2/p+1/t10-/m1/s1. The summed E-state index contributed by atoms with van der Waals surface area (Å²) in [6, 6.07) is 9.36. The first-order valence-corrected chi connectivity index (χ1v) is 4.26. The van der Waals surface area contributed by atoms with Crippen LogP contribution in [0.25, 0.3) is 0 Å². The van der Waals surface area contributed by atoms with Crippen LogP contribution in [0.3, 0.4) is 0 Å². The molecule has 1 aliphatic carbocycles. The van der Waals surface area contributed by atoms with Crippen molar-refractivity contribution in [3.8, 4) is 0 Å². The van der Waals surface area contributed by atoms with Gasteiger partial charge in [-0.05, 0) is 17.5 Å². The molecule has 0 unspecified atom stereocenters. The molecule has 0 heterocycles. The lowest BCUT2D eigenvalue weighted by Gasteiger charge is -2.18. The van der Waals surface area contributed by atoms with Crippen molar-refractivity contribution in [3.63, 3.8) is 0 Å². The second kappa shape index (κ2) is 2.67. The molecule has 1 aromatic carbocycles. The summed E-state index contributed by atoms with van der Waals surface area (Å²) in [5.41, 5.74) is 7.14. The van der Waals surface area contributed by atoms with Crippen molar-refractivity contribution in [2.45, 2.75) is 25.3 Å². The number of fused-ring (bicyclic) bond motifs is 1. The van der Waals surface area contributed by atoms with E-state index in [9.17, 15) is 0 Å². The smallest absolute Gasteiger partial charge is 0.0887 e. The van der Waals surface area contributed by atoms with Crippen molar-refractivity contribution in [1.82, 2.24) is 0 Å². The van der Waals surface area contributed by atoms with Crippen LogP contribution in [-0.4, -0.2) is 6.04 Å². The van der Waals surface area contributed by atoms with Gasteiger partial charge in [0.1, 0.15) is 0 Å². The molecule has 0 aromatic heterocycles. The summed E-state index contributed by atoms with van der Waals surface area (Å²) in [7, 11) is 0. The first-order chi connectivity index (χ1) is 5.36. The number of quaternary nitrogens is 1. The summed E-state index contributed by atoms with van der Waals surface area (Å²) in [5, 5.41) is 0. The van der Waals surface area contributed by atoms with Crippen molar-refractivity contribution in [2.24, 2.45) is 0 Å². The highest BCUT2D eigenvalue weighted by Crippen LogP contribution is 2.18. The molecule has 11 heavy (non-hydrogen) atoms. The van der Waals surface area contributed by atoms with Gasteiger partial charge in [-0.1, -0.05) is 24.3 Å². The van der Waals surface area contributed by atoms with E-state index in [0.717, 1.165) is 0 Å². The summed E-state index contributed by atoms with van der Waals surface area (Å²) >= 11 is 0. The lowest BCUT2D eigenvalue weighted by molar-refractivity contribution is -0.421. The Hall–Kier alpha value is -0.820. The van der Waals surface area contributed by atoms with Crippen molar-refractivity contribution in [3.05, 3.63) is 35.4 Å². The van der Waals surface area contributed by atoms with Gasteiger partial charge in [-0.3, -0.25) is 0 Å². The third-order valence-electron chi connectivity index (χ3n) is 2.45. The van der Waals surface area contributed by atoms with E-state index in [1.165, 1.54) is 30.4 Å². The topological polar surface area (TPSA) is 27.6 Å². The predicted octanol–water partition coefficient (Wildman–Crippen LogP) is 0.786. The molecular formula is C10H14N+. The lowest BCUT2D eigenvalue weighted by Crippen LogP contribution is -2.62.